The number of aryl methyl sites for hydroxylation is 1. The Bertz CT molecular complexity index is 1430. The molecule has 0 spiro atoms. The van der Waals surface area contributed by atoms with Crippen molar-refractivity contribution in [3.63, 3.8) is 0 Å². The Kier molecular flexibility index (Phi) is 8.95. The van der Waals surface area contributed by atoms with Crippen molar-refractivity contribution in [2.45, 2.75) is 57.7 Å². The molecule has 1 amide bonds. The molecule has 1 aliphatic heterocycles. The summed E-state index contributed by atoms with van der Waals surface area (Å²) in [7, 11) is 1.38. The van der Waals surface area contributed by atoms with Gasteiger partial charge in [0.1, 0.15) is 5.82 Å². The predicted octanol–water partition coefficient (Wildman–Crippen LogP) is 5.14. The van der Waals surface area contributed by atoms with Crippen LogP contribution in [0.1, 0.15) is 69.9 Å². The van der Waals surface area contributed by atoms with E-state index in [1.165, 1.54) is 7.11 Å². The molecule has 0 radical (unpaired) electrons. The number of aromatic nitrogens is 2. The number of rotatable bonds is 10. The molecule has 1 atom stereocenters. The minimum atomic E-state index is -0.469. The number of esters is 1. The number of hydrogen-bond donors (Lipinski definition) is 1. The molecule has 3 aromatic carbocycles. The van der Waals surface area contributed by atoms with Gasteiger partial charge in [-0.25, -0.2) is 9.78 Å². The monoisotopic (exact) mass is 551 g/mol. The maximum atomic E-state index is 14.3. The smallest absolute Gasteiger partial charge is 0.337 e. The van der Waals surface area contributed by atoms with Crippen molar-refractivity contribution < 1.29 is 19.4 Å². The van der Waals surface area contributed by atoms with Gasteiger partial charge in [-0.05, 0) is 35.2 Å². The van der Waals surface area contributed by atoms with Crippen LogP contribution in [0.5, 0.6) is 0 Å². The lowest BCUT2D eigenvalue weighted by atomic mass is 9.88. The zero-order valence-electron chi connectivity index (χ0n) is 23.7. The average molecular weight is 552 g/mol. The van der Waals surface area contributed by atoms with Gasteiger partial charge in [0, 0.05) is 25.1 Å². The lowest BCUT2D eigenvalue weighted by molar-refractivity contribution is -0.136. The number of fused-ring (bicyclic) bond motifs is 1. The van der Waals surface area contributed by atoms with Crippen LogP contribution in [-0.4, -0.2) is 51.2 Å². The average Bonchev–Trinajstić information content (AvgIpc) is 3.36. The van der Waals surface area contributed by atoms with Crippen LogP contribution in [0.15, 0.2) is 84.9 Å². The van der Waals surface area contributed by atoms with Gasteiger partial charge in [-0.15, -0.1) is 0 Å². The number of imidazole rings is 1. The number of nitrogens with zero attached hydrogens (tertiary/aromatic N) is 3. The Hall–Kier alpha value is -4.23. The largest absolute Gasteiger partial charge is 0.465 e. The fraction of sp³-hybridized carbons (Fsp3) is 0.324. The first-order chi connectivity index (χ1) is 20.0. The molecule has 0 bridgehead atoms. The van der Waals surface area contributed by atoms with Crippen molar-refractivity contribution in [1.82, 2.24) is 14.5 Å². The molecule has 0 saturated heterocycles. The van der Waals surface area contributed by atoms with Gasteiger partial charge in [0.15, 0.2) is 0 Å². The number of methoxy groups -OCH3 is 1. The quantitative estimate of drug-likeness (QED) is 0.276. The molecule has 7 heteroatoms. The summed E-state index contributed by atoms with van der Waals surface area (Å²) in [5.41, 5.74) is 5.36. The van der Waals surface area contributed by atoms with Gasteiger partial charge in [0.05, 0.1) is 43.5 Å². The fourth-order valence-electron chi connectivity index (χ4n) is 5.69. The van der Waals surface area contributed by atoms with E-state index in [1.807, 2.05) is 77.7 Å². The van der Waals surface area contributed by atoms with Gasteiger partial charge in [-0.2, -0.15) is 0 Å². The molecule has 1 aromatic heterocycles. The number of unbranched alkanes of at least 4 members (excludes halogenated alkanes) is 1. The van der Waals surface area contributed by atoms with E-state index in [1.54, 1.807) is 12.1 Å². The molecule has 0 unspecified atom stereocenters. The molecule has 1 N–H and O–H groups in total. The lowest BCUT2D eigenvalue weighted by Gasteiger charge is -2.37. The second-order valence-electron chi connectivity index (χ2n) is 10.6. The van der Waals surface area contributed by atoms with E-state index in [2.05, 4.69) is 11.5 Å². The number of benzene rings is 3. The van der Waals surface area contributed by atoms with Crippen molar-refractivity contribution >= 4 is 11.9 Å². The van der Waals surface area contributed by atoms with Crippen molar-refractivity contribution in [1.29, 1.82) is 0 Å². The van der Waals surface area contributed by atoms with Gasteiger partial charge < -0.3 is 19.3 Å². The number of carbonyl (C=O) groups excluding carboxylic acids is 2. The number of hydrogen-bond acceptors (Lipinski definition) is 5. The van der Waals surface area contributed by atoms with Gasteiger partial charge in [-0.3, -0.25) is 4.79 Å². The predicted molar refractivity (Wildman–Crippen MR) is 158 cm³/mol. The number of amides is 1. The summed E-state index contributed by atoms with van der Waals surface area (Å²) >= 11 is 0. The molecule has 7 nitrogen and oxygen atoms in total. The van der Waals surface area contributed by atoms with E-state index in [9.17, 15) is 14.7 Å². The Labute approximate surface area is 241 Å². The summed E-state index contributed by atoms with van der Waals surface area (Å²) in [6.45, 7) is 2.98. The molecule has 212 valence electrons. The van der Waals surface area contributed by atoms with E-state index in [0.29, 0.717) is 25.1 Å². The highest BCUT2D eigenvalue weighted by Gasteiger charge is 2.37. The Morgan fingerprint density at radius 3 is 2.17 bits per heavy atom. The van der Waals surface area contributed by atoms with Crippen LogP contribution in [0, 0.1) is 0 Å². The first kappa shape index (κ1) is 28.3. The first-order valence-electron chi connectivity index (χ1n) is 14.3. The molecule has 4 aromatic rings. The zero-order chi connectivity index (χ0) is 28.8. The molecule has 2 heterocycles. The zero-order valence-corrected chi connectivity index (χ0v) is 23.7. The minimum absolute atomic E-state index is 0.0323. The van der Waals surface area contributed by atoms with Crippen LogP contribution in [0.25, 0.3) is 0 Å². The molecular weight excluding hydrogens is 514 g/mol. The molecule has 0 fully saturated rings. The highest BCUT2D eigenvalue weighted by Crippen LogP contribution is 2.32. The van der Waals surface area contributed by atoms with Gasteiger partial charge >= 0.3 is 5.97 Å². The van der Waals surface area contributed by atoms with E-state index >= 15 is 0 Å². The second-order valence-corrected chi connectivity index (χ2v) is 10.6. The topological polar surface area (TPSA) is 84.7 Å². The highest BCUT2D eigenvalue weighted by molar-refractivity contribution is 5.89. The van der Waals surface area contributed by atoms with Crippen LogP contribution in [-0.2, 0) is 35.5 Å². The number of carbonyl (C=O) groups is 2. The minimum Gasteiger partial charge on any atom is -0.465 e. The van der Waals surface area contributed by atoms with E-state index in [-0.39, 0.29) is 24.5 Å². The summed E-state index contributed by atoms with van der Waals surface area (Å²) < 4.78 is 7.08. The molecule has 41 heavy (non-hydrogen) atoms. The first-order valence-corrected chi connectivity index (χ1v) is 14.3. The molecule has 0 aliphatic carbocycles. The standard InChI is InChI=1S/C34H37N3O4/c1-3-4-15-31-35-29-22-36(33(39)32(25-11-7-5-8-12-25)26-13-9-6-10-14-26)28(23-38)20-30(29)37(31)21-24-16-18-27(19-17-24)34(40)41-2/h5-14,16-19,28,32,38H,3-4,15,20-23H2,1-2H3/t28-/m0/s1. The summed E-state index contributed by atoms with van der Waals surface area (Å²) in [5, 5.41) is 10.5. The maximum absolute atomic E-state index is 14.3. The van der Waals surface area contributed by atoms with Crippen molar-refractivity contribution in [2.75, 3.05) is 13.7 Å². The number of aliphatic hydroxyl groups is 1. The molecule has 1 aliphatic rings. The summed E-state index contributed by atoms with van der Waals surface area (Å²) in [6, 6.07) is 26.7. The number of ether oxygens (including phenoxy) is 1. The molecule has 0 saturated carbocycles. The van der Waals surface area contributed by atoms with Crippen molar-refractivity contribution in [3.05, 3.63) is 124 Å². The third-order valence-electron chi connectivity index (χ3n) is 7.90. The van der Waals surface area contributed by atoms with Crippen LogP contribution in [0.3, 0.4) is 0 Å². The highest BCUT2D eigenvalue weighted by atomic mass is 16.5. The van der Waals surface area contributed by atoms with Crippen molar-refractivity contribution in [3.8, 4) is 0 Å². The molecular formula is C34H37N3O4. The van der Waals surface area contributed by atoms with Gasteiger partial charge in [-0.1, -0.05) is 86.1 Å². The van der Waals surface area contributed by atoms with Gasteiger partial charge in [0.25, 0.3) is 0 Å². The van der Waals surface area contributed by atoms with Crippen LogP contribution >= 0.6 is 0 Å². The Morgan fingerprint density at radius 1 is 0.976 bits per heavy atom. The Balaban J connectivity index is 1.48. The van der Waals surface area contributed by atoms with E-state index < -0.39 is 5.92 Å². The Morgan fingerprint density at radius 2 is 1.61 bits per heavy atom. The summed E-state index contributed by atoms with van der Waals surface area (Å²) in [5.74, 6) is 0.126. The third kappa shape index (κ3) is 6.10. The number of aliphatic hydroxyl groups excluding tert-OH is 1. The normalized spacial score (nSPS) is 14.6. The molecule has 5 rings (SSSR count). The van der Waals surface area contributed by atoms with Crippen molar-refractivity contribution in [2.24, 2.45) is 0 Å². The van der Waals surface area contributed by atoms with Crippen LogP contribution < -0.4 is 0 Å². The lowest BCUT2D eigenvalue weighted by Crippen LogP contribution is -2.48. The second kappa shape index (κ2) is 13.0. The summed E-state index contributed by atoms with van der Waals surface area (Å²) in [4.78, 5) is 33.1. The van der Waals surface area contributed by atoms with Crippen LogP contribution in [0.4, 0.5) is 0 Å². The maximum Gasteiger partial charge on any atom is 0.337 e. The van der Waals surface area contributed by atoms with E-state index in [0.717, 1.165) is 53.2 Å². The SMILES string of the molecule is CCCCc1nc2c(n1Cc1ccc(C(=O)OC)cc1)C[C@@H](CO)N(C(=O)C(c1ccccc1)c1ccccc1)C2. The van der Waals surface area contributed by atoms with E-state index in [4.69, 9.17) is 9.72 Å². The third-order valence-corrected chi connectivity index (χ3v) is 7.90. The fourth-order valence-corrected chi connectivity index (χ4v) is 5.69. The van der Waals surface area contributed by atoms with Gasteiger partial charge in [0.2, 0.25) is 5.91 Å². The summed E-state index contributed by atoms with van der Waals surface area (Å²) in [6.07, 6.45) is 3.41. The van der Waals surface area contributed by atoms with Crippen LogP contribution in [0.2, 0.25) is 0 Å².